The summed E-state index contributed by atoms with van der Waals surface area (Å²) < 4.78 is 16.9. The van der Waals surface area contributed by atoms with Crippen LogP contribution in [-0.4, -0.2) is 37.2 Å². The maximum absolute atomic E-state index is 12.9. The zero-order valence-corrected chi connectivity index (χ0v) is 45.1. The smallest absolute Gasteiger partial charge is 0.306 e. The zero-order valence-electron chi connectivity index (χ0n) is 45.1. The molecule has 0 saturated heterocycles. The van der Waals surface area contributed by atoms with Crippen molar-refractivity contribution in [1.29, 1.82) is 0 Å². The van der Waals surface area contributed by atoms with Gasteiger partial charge in [-0.1, -0.05) is 261 Å². The number of unbranched alkanes of at least 4 members (excludes halogenated alkanes) is 33. The molecule has 6 heteroatoms. The fourth-order valence-electron chi connectivity index (χ4n) is 8.39. The van der Waals surface area contributed by atoms with Crippen molar-refractivity contribution in [1.82, 2.24) is 0 Å². The van der Waals surface area contributed by atoms with Crippen LogP contribution in [0.2, 0.25) is 0 Å². The summed E-state index contributed by atoms with van der Waals surface area (Å²) in [6.45, 7) is 6.53. The van der Waals surface area contributed by atoms with E-state index >= 15 is 0 Å². The van der Waals surface area contributed by atoms with E-state index in [0.717, 1.165) is 109 Å². The van der Waals surface area contributed by atoms with E-state index in [4.69, 9.17) is 14.2 Å². The second-order valence-electron chi connectivity index (χ2n) is 19.6. The number of ether oxygens (including phenoxy) is 3. The minimum atomic E-state index is -0.786. The summed E-state index contributed by atoms with van der Waals surface area (Å²) in [5.74, 6) is -0.898. The van der Waals surface area contributed by atoms with Crippen LogP contribution < -0.4 is 0 Å². The molecule has 0 aliphatic carbocycles. The molecule has 394 valence electrons. The van der Waals surface area contributed by atoms with E-state index in [0.29, 0.717) is 19.3 Å². The van der Waals surface area contributed by atoms with Crippen molar-refractivity contribution in [2.24, 2.45) is 0 Å². The van der Waals surface area contributed by atoms with Gasteiger partial charge in [0.25, 0.3) is 0 Å². The Morgan fingerprint density at radius 3 is 0.985 bits per heavy atom. The summed E-state index contributed by atoms with van der Waals surface area (Å²) in [4.78, 5) is 38.2. The highest BCUT2D eigenvalue weighted by Gasteiger charge is 2.19. The van der Waals surface area contributed by atoms with Crippen LogP contribution in [0.5, 0.6) is 0 Å². The van der Waals surface area contributed by atoms with Gasteiger partial charge in [0.15, 0.2) is 6.10 Å². The average molecular weight is 952 g/mol. The fraction of sp³-hybridized carbons (Fsp3) is 0.790. The minimum absolute atomic E-state index is 0.0822. The van der Waals surface area contributed by atoms with Gasteiger partial charge in [-0.15, -0.1) is 0 Å². The molecule has 0 amide bonds. The predicted molar refractivity (Wildman–Crippen MR) is 293 cm³/mol. The SMILES string of the molecule is CC/C=C\C/C=C\C/C=C\CCCCCCCCC(=O)OC(COC(=O)CCCCCCC/C=C\C=C/CCCCCCCCC)COC(=O)CCCCCCCCCCCCCCCCCC. The van der Waals surface area contributed by atoms with E-state index < -0.39 is 6.10 Å². The molecule has 0 aromatic carbocycles. The minimum Gasteiger partial charge on any atom is -0.462 e. The molecule has 0 bridgehead atoms. The standard InChI is InChI=1S/C62H110O6/c1-4-7-10-13-16-19-22-25-28-31-32-35-37-40-43-46-49-52-55-61(64)67-58-59(68-62(65)56-53-50-47-44-41-38-34-30-27-24-21-18-15-12-9-6-3)57-66-60(63)54-51-48-45-42-39-36-33-29-26-23-20-17-14-11-8-5-2/h9,12,18,21,27-28,30-32,35,59H,4-8,10-11,13-17,19-20,22-26,29,33-34,36-58H2,1-3H3/b12-9-,21-18-,30-27-,31-28-,35-32-. The Morgan fingerprint density at radius 2 is 0.618 bits per heavy atom. The molecule has 1 unspecified atom stereocenters. The Morgan fingerprint density at radius 1 is 0.324 bits per heavy atom. The van der Waals surface area contributed by atoms with Gasteiger partial charge in [0.1, 0.15) is 13.2 Å². The Balaban J connectivity index is 4.40. The predicted octanol–water partition coefficient (Wildman–Crippen LogP) is 19.6. The second-order valence-corrected chi connectivity index (χ2v) is 19.6. The molecule has 1 atom stereocenters. The fourth-order valence-corrected chi connectivity index (χ4v) is 8.39. The summed E-state index contributed by atoms with van der Waals surface area (Å²) in [6.07, 6.45) is 70.6. The normalized spacial score (nSPS) is 12.5. The molecule has 0 aromatic rings. The number of hydrogen-bond acceptors (Lipinski definition) is 6. The molecule has 0 heterocycles. The van der Waals surface area contributed by atoms with Gasteiger partial charge in [0.05, 0.1) is 0 Å². The Labute approximate surface area is 421 Å². The Hall–Kier alpha value is -2.89. The molecule has 0 aromatic heterocycles. The Bertz CT molecular complexity index is 1230. The van der Waals surface area contributed by atoms with E-state index in [1.54, 1.807) is 0 Å². The number of allylic oxidation sites excluding steroid dienone is 10. The molecule has 6 nitrogen and oxygen atoms in total. The third-order valence-electron chi connectivity index (χ3n) is 12.8. The maximum atomic E-state index is 12.9. The van der Waals surface area contributed by atoms with Gasteiger partial charge in [0.2, 0.25) is 0 Å². The lowest BCUT2D eigenvalue weighted by molar-refractivity contribution is -0.167. The van der Waals surface area contributed by atoms with Crippen molar-refractivity contribution in [2.45, 2.75) is 303 Å². The van der Waals surface area contributed by atoms with Crippen LogP contribution in [0.15, 0.2) is 60.8 Å². The van der Waals surface area contributed by atoms with Crippen molar-refractivity contribution < 1.29 is 28.6 Å². The molecule has 0 aliphatic heterocycles. The van der Waals surface area contributed by atoms with Crippen molar-refractivity contribution in [2.75, 3.05) is 13.2 Å². The summed E-state index contributed by atoms with van der Waals surface area (Å²) in [6, 6.07) is 0. The molecule has 0 spiro atoms. The van der Waals surface area contributed by atoms with Gasteiger partial charge in [-0.2, -0.15) is 0 Å². The van der Waals surface area contributed by atoms with Gasteiger partial charge in [0, 0.05) is 19.3 Å². The lowest BCUT2D eigenvalue weighted by Crippen LogP contribution is -2.30. The van der Waals surface area contributed by atoms with Gasteiger partial charge in [-0.25, -0.2) is 0 Å². The monoisotopic (exact) mass is 951 g/mol. The molecule has 0 saturated carbocycles. The van der Waals surface area contributed by atoms with Crippen LogP contribution in [0.3, 0.4) is 0 Å². The van der Waals surface area contributed by atoms with Crippen LogP contribution in [-0.2, 0) is 28.6 Å². The number of esters is 3. The molecular weight excluding hydrogens is 841 g/mol. The van der Waals surface area contributed by atoms with Crippen molar-refractivity contribution in [3.63, 3.8) is 0 Å². The van der Waals surface area contributed by atoms with Crippen LogP contribution in [0.1, 0.15) is 297 Å². The van der Waals surface area contributed by atoms with Crippen molar-refractivity contribution >= 4 is 17.9 Å². The molecule has 68 heavy (non-hydrogen) atoms. The van der Waals surface area contributed by atoms with Crippen molar-refractivity contribution in [3.8, 4) is 0 Å². The van der Waals surface area contributed by atoms with E-state index in [-0.39, 0.29) is 31.1 Å². The van der Waals surface area contributed by atoms with Crippen LogP contribution in [0.4, 0.5) is 0 Å². The number of carbonyl (C=O) groups excluding carboxylic acids is 3. The molecule has 0 radical (unpaired) electrons. The van der Waals surface area contributed by atoms with E-state index in [2.05, 4.69) is 81.5 Å². The van der Waals surface area contributed by atoms with Gasteiger partial charge in [-0.3, -0.25) is 14.4 Å². The number of hydrogen-bond donors (Lipinski definition) is 0. The lowest BCUT2D eigenvalue weighted by atomic mass is 10.0. The zero-order chi connectivity index (χ0) is 49.3. The summed E-state index contributed by atoms with van der Waals surface area (Å²) in [7, 11) is 0. The highest BCUT2D eigenvalue weighted by Crippen LogP contribution is 2.16. The maximum Gasteiger partial charge on any atom is 0.306 e. The first-order chi connectivity index (χ1) is 33.5. The highest BCUT2D eigenvalue weighted by molar-refractivity contribution is 5.71. The van der Waals surface area contributed by atoms with E-state index in [1.807, 2.05) is 0 Å². The quantitative estimate of drug-likeness (QED) is 0.0199. The van der Waals surface area contributed by atoms with Gasteiger partial charge in [-0.05, 0) is 77.0 Å². The lowest BCUT2D eigenvalue weighted by Gasteiger charge is -2.18. The first-order valence-electron chi connectivity index (χ1n) is 29.3. The summed E-state index contributed by atoms with van der Waals surface area (Å²) >= 11 is 0. The molecule has 0 aliphatic rings. The van der Waals surface area contributed by atoms with E-state index in [9.17, 15) is 14.4 Å². The third-order valence-corrected chi connectivity index (χ3v) is 12.8. The number of carbonyl (C=O) groups is 3. The van der Waals surface area contributed by atoms with Gasteiger partial charge >= 0.3 is 17.9 Å². The van der Waals surface area contributed by atoms with Crippen LogP contribution in [0.25, 0.3) is 0 Å². The second kappa shape index (κ2) is 56.7. The largest absolute Gasteiger partial charge is 0.462 e. The van der Waals surface area contributed by atoms with Crippen LogP contribution >= 0.6 is 0 Å². The third kappa shape index (κ3) is 54.1. The first kappa shape index (κ1) is 65.1. The van der Waals surface area contributed by atoms with Crippen LogP contribution in [0, 0.1) is 0 Å². The van der Waals surface area contributed by atoms with E-state index in [1.165, 1.54) is 148 Å². The number of rotatable bonds is 53. The highest BCUT2D eigenvalue weighted by atomic mass is 16.6. The molecule has 0 fully saturated rings. The summed E-state index contributed by atoms with van der Waals surface area (Å²) in [5, 5.41) is 0. The Kier molecular flexibility index (Phi) is 54.3. The summed E-state index contributed by atoms with van der Waals surface area (Å²) in [5.41, 5.74) is 0. The average Bonchev–Trinajstić information content (AvgIpc) is 3.34. The van der Waals surface area contributed by atoms with Gasteiger partial charge < -0.3 is 14.2 Å². The topological polar surface area (TPSA) is 78.9 Å². The molecule has 0 rings (SSSR count). The first-order valence-corrected chi connectivity index (χ1v) is 29.3. The molecule has 0 N–H and O–H groups in total. The van der Waals surface area contributed by atoms with Crippen molar-refractivity contribution in [3.05, 3.63) is 60.8 Å². The molecular formula is C62H110O6.